The van der Waals surface area contributed by atoms with Crippen LogP contribution in [0.2, 0.25) is 0 Å². The van der Waals surface area contributed by atoms with Gasteiger partial charge in [0.25, 0.3) is 5.91 Å². The van der Waals surface area contributed by atoms with Crippen molar-refractivity contribution in [1.29, 1.82) is 5.26 Å². The number of hydrogen-bond acceptors (Lipinski definition) is 4. The number of ether oxygens (including phenoxy) is 2. The minimum Gasteiger partial charge on any atom is -0.454 e. The monoisotopic (exact) mass is 338 g/mol. The van der Waals surface area contributed by atoms with E-state index in [-0.39, 0.29) is 18.7 Å². The van der Waals surface area contributed by atoms with Gasteiger partial charge in [0.05, 0.1) is 18.3 Å². The van der Waals surface area contributed by atoms with Crippen LogP contribution in [0.1, 0.15) is 18.1 Å². The largest absolute Gasteiger partial charge is 0.454 e. The van der Waals surface area contributed by atoms with Crippen molar-refractivity contribution >= 4 is 11.6 Å². The molecule has 1 heterocycles. The van der Waals surface area contributed by atoms with E-state index in [1.54, 1.807) is 24.3 Å². The van der Waals surface area contributed by atoms with Crippen LogP contribution in [0.3, 0.4) is 0 Å². The zero-order chi connectivity index (χ0) is 17.8. The van der Waals surface area contributed by atoms with Gasteiger partial charge in [-0.05, 0) is 37.3 Å². The van der Waals surface area contributed by atoms with Crippen molar-refractivity contribution in [1.82, 2.24) is 0 Å². The maximum absolute atomic E-state index is 12.5. The Morgan fingerprint density at radius 3 is 2.84 bits per heavy atom. The second-order valence-corrected chi connectivity index (χ2v) is 6.08. The van der Waals surface area contributed by atoms with Gasteiger partial charge in [-0.1, -0.05) is 12.1 Å². The first-order valence-corrected chi connectivity index (χ1v) is 8.09. The standard InChI is InChI=1S/C19H19N3O3/c1-13(19(23)21-16-6-4-3-5-15(16)10-20)22(2)11-14-7-8-17-18(9-14)25-12-24-17/h3-9,13H,11-12H2,1-2H3,(H,21,23)/p+1/t13-/m1/s1. The minimum absolute atomic E-state index is 0.124. The Bertz CT molecular complexity index is 829. The molecule has 1 aliphatic rings. The molecule has 0 fully saturated rings. The van der Waals surface area contributed by atoms with Crippen molar-refractivity contribution < 1.29 is 19.2 Å². The van der Waals surface area contributed by atoms with Crippen molar-refractivity contribution in [2.45, 2.75) is 19.5 Å². The summed E-state index contributed by atoms with van der Waals surface area (Å²) >= 11 is 0. The number of nitrogens with one attached hydrogen (secondary N) is 2. The van der Waals surface area contributed by atoms with Gasteiger partial charge in [0.2, 0.25) is 6.79 Å². The lowest BCUT2D eigenvalue weighted by Crippen LogP contribution is -3.12. The first kappa shape index (κ1) is 16.8. The fraction of sp³-hybridized carbons (Fsp3) is 0.263. The molecule has 128 valence electrons. The Morgan fingerprint density at radius 1 is 1.28 bits per heavy atom. The van der Waals surface area contributed by atoms with Gasteiger partial charge >= 0.3 is 0 Å². The molecule has 0 saturated carbocycles. The second-order valence-electron chi connectivity index (χ2n) is 6.08. The number of benzene rings is 2. The lowest BCUT2D eigenvalue weighted by atomic mass is 10.1. The quantitative estimate of drug-likeness (QED) is 0.862. The first-order valence-electron chi connectivity index (χ1n) is 8.09. The normalized spacial score (nSPS) is 14.4. The van der Waals surface area contributed by atoms with Gasteiger partial charge in [0, 0.05) is 5.56 Å². The third kappa shape index (κ3) is 3.73. The van der Waals surface area contributed by atoms with Crippen LogP contribution in [0.25, 0.3) is 0 Å². The van der Waals surface area contributed by atoms with E-state index in [4.69, 9.17) is 14.7 Å². The summed E-state index contributed by atoms with van der Waals surface area (Å²) in [6.07, 6.45) is 0. The Morgan fingerprint density at radius 2 is 2.04 bits per heavy atom. The number of rotatable bonds is 5. The highest BCUT2D eigenvalue weighted by molar-refractivity contribution is 5.94. The zero-order valence-electron chi connectivity index (χ0n) is 14.2. The number of quaternary nitrogens is 1. The highest BCUT2D eigenvalue weighted by Crippen LogP contribution is 2.32. The molecular weight excluding hydrogens is 318 g/mol. The van der Waals surface area contributed by atoms with E-state index in [1.807, 2.05) is 32.2 Å². The molecule has 25 heavy (non-hydrogen) atoms. The van der Waals surface area contributed by atoms with E-state index in [0.29, 0.717) is 17.8 Å². The van der Waals surface area contributed by atoms with E-state index in [9.17, 15) is 4.79 Å². The van der Waals surface area contributed by atoms with E-state index in [2.05, 4.69) is 11.4 Å². The van der Waals surface area contributed by atoms with Gasteiger partial charge in [-0.2, -0.15) is 5.26 Å². The lowest BCUT2D eigenvalue weighted by molar-refractivity contribution is -0.907. The molecule has 6 heteroatoms. The molecule has 0 bridgehead atoms. The molecule has 0 spiro atoms. The third-order valence-electron chi connectivity index (χ3n) is 4.36. The Hall–Kier alpha value is -3.04. The number of para-hydroxylation sites is 1. The van der Waals surface area contributed by atoms with Gasteiger partial charge in [-0.25, -0.2) is 0 Å². The maximum atomic E-state index is 12.5. The van der Waals surface area contributed by atoms with Crippen molar-refractivity contribution in [2.24, 2.45) is 0 Å². The number of carbonyl (C=O) groups is 1. The average molecular weight is 338 g/mol. The average Bonchev–Trinajstić information content (AvgIpc) is 3.09. The highest BCUT2D eigenvalue weighted by atomic mass is 16.7. The first-order chi connectivity index (χ1) is 12.1. The molecule has 2 aromatic carbocycles. The number of likely N-dealkylation sites (N-methyl/N-ethyl adjacent to an activating group) is 1. The summed E-state index contributed by atoms with van der Waals surface area (Å²) in [4.78, 5) is 13.5. The van der Waals surface area contributed by atoms with Crippen molar-refractivity contribution in [3.8, 4) is 17.6 Å². The van der Waals surface area contributed by atoms with Gasteiger partial charge in [0.15, 0.2) is 17.5 Å². The van der Waals surface area contributed by atoms with E-state index in [0.717, 1.165) is 22.0 Å². The number of anilines is 1. The van der Waals surface area contributed by atoms with E-state index >= 15 is 0 Å². The smallest absolute Gasteiger partial charge is 0.282 e. The SMILES string of the molecule is C[C@H](C(=O)Nc1ccccc1C#N)[NH+](C)Cc1ccc2c(c1)OCO2. The summed E-state index contributed by atoms with van der Waals surface area (Å²) in [5.74, 6) is 1.37. The Balaban J connectivity index is 1.64. The predicted octanol–water partition coefficient (Wildman–Crippen LogP) is 1.33. The van der Waals surface area contributed by atoms with Crippen LogP contribution in [0.5, 0.6) is 11.5 Å². The van der Waals surface area contributed by atoms with Crippen LogP contribution >= 0.6 is 0 Å². The number of amides is 1. The van der Waals surface area contributed by atoms with Gasteiger partial charge < -0.3 is 19.7 Å². The molecule has 1 unspecified atom stereocenters. The molecule has 3 rings (SSSR count). The van der Waals surface area contributed by atoms with Crippen LogP contribution in [0, 0.1) is 11.3 Å². The molecule has 1 amide bonds. The lowest BCUT2D eigenvalue weighted by Gasteiger charge is -2.21. The van der Waals surface area contributed by atoms with E-state index < -0.39 is 0 Å². The van der Waals surface area contributed by atoms with Crippen LogP contribution in [0.4, 0.5) is 5.69 Å². The summed E-state index contributed by atoms with van der Waals surface area (Å²) in [5, 5.41) is 12.0. The number of fused-ring (bicyclic) bond motifs is 1. The summed E-state index contributed by atoms with van der Waals surface area (Å²) < 4.78 is 10.7. The molecule has 6 nitrogen and oxygen atoms in total. The fourth-order valence-corrected chi connectivity index (χ4v) is 2.68. The van der Waals surface area contributed by atoms with Gasteiger partial charge in [-0.3, -0.25) is 4.79 Å². The summed E-state index contributed by atoms with van der Waals surface area (Å²) in [6.45, 7) is 2.79. The van der Waals surface area contributed by atoms with Gasteiger partial charge in [-0.15, -0.1) is 0 Å². The van der Waals surface area contributed by atoms with Crippen molar-refractivity contribution in [3.05, 3.63) is 53.6 Å². The molecule has 0 radical (unpaired) electrons. The Kier molecular flexibility index (Phi) is 4.87. The van der Waals surface area contributed by atoms with Crippen LogP contribution in [-0.2, 0) is 11.3 Å². The number of hydrogen-bond donors (Lipinski definition) is 2. The van der Waals surface area contributed by atoms with Crippen LogP contribution in [0.15, 0.2) is 42.5 Å². The second kappa shape index (κ2) is 7.24. The summed E-state index contributed by atoms with van der Waals surface area (Å²) in [6, 6.07) is 14.6. The van der Waals surface area contributed by atoms with Crippen molar-refractivity contribution in [3.63, 3.8) is 0 Å². The molecule has 2 N–H and O–H groups in total. The molecule has 2 atom stereocenters. The topological polar surface area (TPSA) is 75.8 Å². The predicted molar refractivity (Wildman–Crippen MR) is 92.4 cm³/mol. The third-order valence-corrected chi connectivity index (χ3v) is 4.36. The summed E-state index contributed by atoms with van der Waals surface area (Å²) in [5.41, 5.74) is 2.06. The molecule has 0 aromatic heterocycles. The van der Waals surface area contributed by atoms with Crippen molar-refractivity contribution in [2.75, 3.05) is 19.2 Å². The van der Waals surface area contributed by atoms with Gasteiger partial charge in [0.1, 0.15) is 12.6 Å². The minimum atomic E-state index is -0.280. The molecule has 2 aromatic rings. The molecular formula is C19H20N3O3+. The van der Waals surface area contributed by atoms with Crippen LogP contribution < -0.4 is 19.7 Å². The number of carbonyl (C=O) groups excluding carboxylic acids is 1. The van der Waals surface area contributed by atoms with E-state index in [1.165, 1.54) is 0 Å². The summed E-state index contributed by atoms with van der Waals surface area (Å²) in [7, 11) is 1.96. The molecule has 0 aliphatic carbocycles. The molecule has 0 saturated heterocycles. The maximum Gasteiger partial charge on any atom is 0.282 e. The highest BCUT2D eigenvalue weighted by Gasteiger charge is 2.23. The Labute approximate surface area is 146 Å². The zero-order valence-corrected chi connectivity index (χ0v) is 14.2. The molecule has 1 aliphatic heterocycles. The number of nitrogens with zero attached hydrogens (tertiary/aromatic N) is 1. The van der Waals surface area contributed by atoms with Crippen LogP contribution in [-0.4, -0.2) is 25.8 Å². The fourth-order valence-electron chi connectivity index (χ4n) is 2.68. The number of nitriles is 1.